The standard InChI is InChI=1S/C28H26N6O3S2/c1-16-6-3-8-18(12-16)31-23(36)15-38-28-33-32-27(39-28)34-21-10-5-11-22(35)25(21)24(20(14-29)26(34)30)17-7-4-9-19(13-17)37-2/h3-4,6-9,12-13,24H,5,10-11,15,30H2,1-2H3,(H,31,36). The lowest BCUT2D eigenvalue weighted by atomic mass is 9.76. The molecule has 0 saturated heterocycles. The van der Waals surface area contributed by atoms with Crippen LogP contribution in [0.25, 0.3) is 0 Å². The number of nitrogens with one attached hydrogen (secondary N) is 1. The van der Waals surface area contributed by atoms with Gasteiger partial charge < -0.3 is 15.8 Å². The molecule has 0 saturated carbocycles. The Balaban J connectivity index is 1.43. The molecule has 11 heteroatoms. The maximum absolute atomic E-state index is 13.3. The number of nitrogens with zero attached hydrogens (tertiary/aromatic N) is 4. The molecule has 3 aromatic rings. The van der Waals surface area contributed by atoms with Crippen molar-refractivity contribution in [2.24, 2.45) is 5.73 Å². The molecule has 5 rings (SSSR count). The number of ketones is 1. The number of hydrogen-bond donors (Lipinski definition) is 2. The summed E-state index contributed by atoms with van der Waals surface area (Å²) in [6, 6.07) is 17.2. The number of aromatic nitrogens is 2. The third kappa shape index (κ3) is 5.39. The van der Waals surface area contributed by atoms with Gasteiger partial charge in [-0.1, -0.05) is 47.4 Å². The summed E-state index contributed by atoms with van der Waals surface area (Å²) < 4.78 is 5.97. The largest absolute Gasteiger partial charge is 0.497 e. The van der Waals surface area contributed by atoms with Crippen molar-refractivity contribution in [1.82, 2.24) is 10.2 Å². The van der Waals surface area contributed by atoms with Crippen molar-refractivity contribution in [1.29, 1.82) is 5.26 Å². The zero-order chi connectivity index (χ0) is 27.5. The topological polar surface area (TPSA) is 134 Å². The van der Waals surface area contributed by atoms with Crippen LogP contribution in [0.5, 0.6) is 5.75 Å². The van der Waals surface area contributed by atoms with Gasteiger partial charge in [-0.3, -0.25) is 14.5 Å². The number of anilines is 2. The molecular weight excluding hydrogens is 532 g/mol. The van der Waals surface area contributed by atoms with E-state index in [2.05, 4.69) is 21.6 Å². The molecule has 2 aromatic carbocycles. The summed E-state index contributed by atoms with van der Waals surface area (Å²) in [4.78, 5) is 27.5. The molecule has 0 spiro atoms. The average Bonchev–Trinajstić information content (AvgIpc) is 3.40. The van der Waals surface area contributed by atoms with E-state index in [0.717, 1.165) is 22.5 Å². The molecule has 9 nitrogen and oxygen atoms in total. The van der Waals surface area contributed by atoms with Gasteiger partial charge in [-0.2, -0.15) is 5.26 Å². The van der Waals surface area contributed by atoms with Crippen molar-refractivity contribution in [3.05, 3.63) is 82.3 Å². The summed E-state index contributed by atoms with van der Waals surface area (Å²) in [5.41, 5.74) is 10.8. The van der Waals surface area contributed by atoms with Gasteiger partial charge in [0.25, 0.3) is 0 Å². The van der Waals surface area contributed by atoms with Crippen molar-refractivity contribution in [3.63, 3.8) is 0 Å². The number of Topliss-reactive ketones (excluding diaryl/α,β-unsaturated/α-hetero) is 1. The summed E-state index contributed by atoms with van der Waals surface area (Å²) >= 11 is 2.53. The lowest BCUT2D eigenvalue weighted by Gasteiger charge is -2.38. The summed E-state index contributed by atoms with van der Waals surface area (Å²) in [6.07, 6.45) is 1.69. The van der Waals surface area contributed by atoms with Gasteiger partial charge >= 0.3 is 0 Å². The number of hydrogen-bond acceptors (Lipinski definition) is 10. The molecule has 1 aliphatic heterocycles. The van der Waals surface area contributed by atoms with Crippen LogP contribution < -0.4 is 20.7 Å². The van der Waals surface area contributed by atoms with Gasteiger partial charge in [0.1, 0.15) is 11.6 Å². The third-order valence-corrected chi connectivity index (χ3v) is 8.60. The Bertz CT molecular complexity index is 1550. The lowest BCUT2D eigenvalue weighted by molar-refractivity contribution is -0.116. The number of allylic oxidation sites excluding steroid dienone is 3. The van der Waals surface area contributed by atoms with Crippen LogP contribution in [0.2, 0.25) is 0 Å². The van der Waals surface area contributed by atoms with Crippen LogP contribution in [-0.2, 0) is 9.59 Å². The number of benzene rings is 2. The smallest absolute Gasteiger partial charge is 0.234 e. The molecule has 39 heavy (non-hydrogen) atoms. The Morgan fingerprint density at radius 3 is 2.85 bits per heavy atom. The molecular formula is C28H26N6O3S2. The monoisotopic (exact) mass is 558 g/mol. The summed E-state index contributed by atoms with van der Waals surface area (Å²) in [5, 5.41) is 22.1. The molecule has 3 N–H and O–H groups in total. The first-order valence-electron chi connectivity index (χ1n) is 12.3. The average molecular weight is 559 g/mol. The first-order chi connectivity index (χ1) is 18.9. The molecule has 1 aliphatic carbocycles. The molecule has 0 fully saturated rings. The number of nitriles is 1. The quantitative estimate of drug-likeness (QED) is 0.389. The first-order valence-corrected chi connectivity index (χ1v) is 14.1. The molecule has 0 bridgehead atoms. The van der Waals surface area contributed by atoms with Crippen LogP contribution in [0.15, 0.2) is 75.5 Å². The van der Waals surface area contributed by atoms with E-state index in [1.807, 2.05) is 55.5 Å². The Kier molecular flexibility index (Phi) is 7.67. The number of rotatable bonds is 7. The second kappa shape index (κ2) is 11.3. The minimum atomic E-state index is -0.587. The fourth-order valence-electron chi connectivity index (χ4n) is 4.86. The number of amides is 1. The third-order valence-electron chi connectivity index (χ3n) is 6.56. The molecule has 2 heterocycles. The van der Waals surface area contributed by atoms with Gasteiger partial charge in [0.05, 0.1) is 30.4 Å². The molecule has 2 aliphatic rings. The highest BCUT2D eigenvalue weighted by Crippen LogP contribution is 2.47. The van der Waals surface area contributed by atoms with E-state index in [4.69, 9.17) is 10.5 Å². The maximum atomic E-state index is 13.3. The Labute approximate surface area is 234 Å². The van der Waals surface area contributed by atoms with Crippen molar-refractivity contribution in [2.45, 2.75) is 36.4 Å². The highest BCUT2D eigenvalue weighted by atomic mass is 32.2. The minimum absolute atomic E-state index is 0.0127. The first kappa shape index (κ1) is 26.5. The number of carbonyl (C=O) groups is 2. The van der Waals surface area contributed by atoms with Crippen LogP contribution in [-0.4, -0.2) is 34.8 Å². The normalized spacial score (nSPS) is 17.1. The fraction of sp³-hybridized carbons (Fsp3) is 0.250. The van der Waals surface area contributed by atoms with Gasteiger partial charge in [-0.05, 0) is 55.2 Å². The number of ether oxygens (including phenoxy) is 1. The number of aryl methyl sites for hydroxylation is 1. The number of thioether (sulfide) groups is 1. The fourth-order valence-corrected chi connectivity index (χ4v) is 6.54. The van der Waals surface area contributed by atoms with E-state index in [1.165, 1.54) is 23.1 Å². The second-order valence-corrected chi connectivity index (χ2v) is 11.3. The number of methoxy groups -OCH3 is 1. The van der Waals surface area contributed by atoms with Gasteiger partial charge in [0.15, 0.2) is 10.1 Å². The maximum Gasteiger partial charge on any atom is 0.234 e. The molecule has 1 unspecified atom stereocenters. The van der Waals surface area contributed by atoms with Gasteiger partial charge in [0.2, 0.25) is 11.0 Å². The highest BCUT2D eigenvalue weighted by Gasteiger charge is 2.41. The van der Waals surface area contributed by atoms with Gasteiger partial charge in [-0.15, -0.1) is 10.2 Å². The van der Waals surface area contributed by atoms with Crippen LogP contribution in [0.1, 0.15) is 36.3 Å². The number of nitrogens with two attached hydrogens (primary N) is 1. The van der Waals surface area contributed by atoms with Gasteiger partial charge in [0, 0.05) is 23.4 Å². The molecule has 1 aromatic heterocycles. The van der Waals surface area contributed by atoms with E-state index in [9.17, 15) is 14.9 Å². The lowest BCUT2D eigenvalue weighted by Crippen LogP contribution is -2.38. The predicted octanol–water partition coefficient (Wildman–Crippen LogP) is 4.89. The van der Waals surface area contributed by atoms with Crippen LogP contribution in [0.3, 0.4) is 0 Å². The van der Waals surface area contributed by atoms with E-state index >= 15 is 0 Å². The Morgan fingerprint density at radius 2 is 2.08 bits per heavy atom. The van der Waals surface area contributed by atoms with Gasteiger partial charge in [-0.25, -0.2) is 0 Å². The summed E-state index contributed by atoms with van der Waals surface area (Å²) in [5.74, 6) is 0.256. The van der Waals surface area contributed by atoms with Crippen LogP contribution in [0.4, 0.5) is 10.8 Å². The van der Waals surface area contributed by atoms with Crippen molar-refractivity contribution >= 4 is 45.6 Å². The summed E-state index contributed by atoms with van der Waals surface area (Å²) in [7, 11) is 1.57. The molecule has 198 valence electrons. The minimum Gasteiger partial charge on any atom is -0.497 e. The molecule has 0 radical (unpaired) electrons. The number of carbonyl (C=O) groups excluding carboxylic acids is 2. The van der Waals surface area contributed by atoms with Crippen molar-refractivity contribution < 1.29 is 14.3 Å². The van der Waals surface area contributed by atoms with Crippen LogP contribution in [0, 0.1) is 18.3 Å². The second-order valence-electron chi connectivity index (χ2n) is 9.15. The predicted molar refractivity (Wildman–Crippen MR) is 151 cm³/mol. The van der Waals surface area contributed by atoms with E-state index < -0.39 is 5.92 Å². The Hall–Kier alpha value is -4.14. The highest BCUT2D eigenvalue weighted by molar-refractivity contribution is 8.01. The van der Waals surface area contributed by atoms with E-state index in [1.54, 1.807) is 12.0 Å². The molecule has 1 atom stereocenters. The summed E-state index contributed by atoms with van der Waals surface area (Å²) in [6.45, 7) is 1.96. The van der Waals surface area contributed by atoms with Crippen molar-refractivity contribution in [2.75, 3.05) is 23.1 Å². The molecule has 1 amide bonds. The van der Waals surface area contributed by atoms with Crippen molar-refractivity contribution in [3.8, 4) is 11.8 Å². The zero-order valence-electron chi connectivity index (χ0n) is 21.4. The zero-order valence-corrected chi connectivity index (χ0v) is 23.1. The van der Waals surface area contributed by atoms with Crippen LogP contribution >= 0.6 is 23.1 Å². The van der Waals surface area contributed by atoms with E-state index in [0.29, 0.717) is 40.1 Å². The SMILES string of the molecule is COc1cccc(C2C(C#N)=C(N)N(c3nnc(SCC(=O)Nc4cccc(C)c4)s3)C3=C2C(=O)CCC3)c1. The van der Waals surface area contributed by atoms with E-state index in [-0.39, 0.29) is 28.8 Å². The Morgan fingerprint density at radius 1 is 1.26 bits per heavy atom.